The molecule has 0 saturated heterocycles. The average molecular weight is 351 g/mol. The molecular formula is C19H15ClN4O. The second-order valence-corrected chi connectivity index (χ2v) is 6.15. The van der Waals surface area contributed by atoms with Gasteiger partial charge < -0.3 is 9.84 Å². The van der Waals surface area contributed by atoms with E-state index >= 15 is 0 Å². The van der Waals surface area contributed by atoms with E-state index in [9.17, 15) is 0 Å². The van der Waals surface area contributed by atoms with Crippen LogP contribution in [0.15, 0.2) is 59.4 Å². The van der Waals surface area contributed by atoms with Gasteiger partial charge in [-0.3, -0.25) is 0 Å². The summed E-state index contributed by atoms with van der Waals surface area (Å²) >= 11 is 6.23. The second kappa shape index (κ2) is 6.53. The molecule has 1 N–H and O–H groups in total. The van der Waals surface area contributed by atoms with Crippen LogP contribution in [0.4, 0.5) is 5.82 Å². The number of anilines is 1. The van der Waals surface area contributed by atoms with Gasteiger partial charge in [-0.25, -0.2) is 4.98 Å². The first-order valence-corrected chi connectivity index (χ1v) is 8.25. The van der Waals surface area contributed by atoms with E-state index in [0.29, 0.717) is 23.1 Å². The lowest BCUT2D eigenvalue weighted by molar-refractivity contribution is 0.451. The predicted octanol–water partition coefficient (Wildman–Crippen LogP) is 4.86. The highest BCUT2D eigenvalue weighted by atomic mass is 35.5. The monoisotopic (exact) mass is 350 g/mol. The summed E-state index contributed by atoms with van der Waals surface area (Å²) < 4.78 is 5.38. The number of nitrogens with one attached hydrogen (secondary N) is 1. The van der Waals surface area contributed by atoms with Crippen LogP contribution in [0.3, 0.4) is 0 Å². The molecule has 2 heterocycles. The Bertz CT molecular complexity index is 1030. The molecule has 0 saturated carbocycles. The maximum Gasteiger partial charge on any atom is 0.263 e. The summed E-state index contributed by atoms with van der Waals surface area (Å²) in [5.74, 6) is 0.668. The van der Waals surface area contributed by atoms with Crippen LogP contribution in [-0.4, -0.2) is 15.1 Å². The van der Waals surface area contributed by atoms with Crippen LogP contribution in [0.5, 0.6) is 0 Å². The van der Waals surface area contributed by atoms with Gasteiger partial charge in [0.15, 0.2) is 0 Å². The number of aryl methyl sites for hydroxylation is 1. The van der Waals surface area contributed by atoms with Gasteiger partial charge in [0.25, 0.3) is 5.71 Å². The van der Waals surface area contributed by atoms with Crippen LogP contribution >= 0.6 is 11.6 Å². The van der Waals surface area contributed by atoms with Gasteiger partial charge in [-0.1, -0.05) is 64.8 Å². The molecule has 0 atom stereocenters. The molecule has 124 valence electrons. The topological polar surface area (TPSA) is 63.8 Å². The fraction of sp³-hybridized carbons (Fsp3) is 0.105. The van der Waals surface area contributed by atoms with Crippen LogP contribution in [0.25, 0.3) is 22.4 Å². The van der Waals surface area contributed by atoms with Gasteiger partial charge in [-0.15, -0.1) is 0 Å². The molecule has 0 aliphatic rings. The van der Waals surface area contributed by atoms with E-state index in [0.717, 1.165) is 22.2 Å². The molecule has 2 aromatic carbocycles. The summed E-state index contributed by atoms with van der Waals surface area (Å²) in [6.45, 7) is 2.59. The van der Waals surface area contributed by atoms with Crippen molar-refractivity contribution in [3.05, 3.63) is 71.0 Å². The number of halogens is 1. The predicted molar refractivity (Wildman–Crippen MR) is 98.6 cm³/mol. The first-order valence-electron chi connectivity index (χ1n) is 7.87. The molecule has 5 nitrogen and oxygen atoms in total. The Morgan fingerprint density at radius 2 is 1.84 bits per heavy atom. The lowest BCUT2D eigenvalue weighted by Gasteiger charge is -2.08. The van der Waals surface area contributed by atoms with Gasteiger partial charge >= 0.3 is 0 Å². The lowest BCUT2D eigenvalue weighted by atomic mass is 10.1. The van der Waals surface area contributed by atoms with E-state index in [2.05, 4.69) is 20.4 Å². The fourth-order valence-corrected chi connectivity index (χ4v) is 2.85. The maximum atomic E-state index is 6.23. The van der Waals surface area contributed by atoms with Gasteiger partial charge in [-0.05, 0) is 18.6 Å². The number of hydrogen-bond acceptors (Lipinski definition) is 5. The Balaban J connectivity index is 1.73. The van der Waals surface area contributed by atoms with Gasteiger partial charge in [0.2, 0.25) is 0 Å². The number of aromatic nitrogens is 3. The van der Waals surface area contributed by atoms with Crippen molar-refractivity contribution in [2.75, 3.05) is 5.32 Å². The molecule has 0 unspecified atom stereocenters. The minimum Gasteiger partial charge on any atom is -0.365 e. The first kappa shape index (κ1) is 15.6. The summed E-state index contributed by atoms with van der Waals surface area (Å²) in [4.78, 5) is 8.53. The van der Waals surface area contributed by atoms with Crippen LogP contribution in [0, 0.1) is 6.92 Å². The van der Waals surface area contributed by atoms with Crippen molar-refractivity contribution in [1.29, 1.82) is 0 Å². The van der Waals surface area contributed by atoms with E-state index in [-0.39, 0.29) is 0 Å². The van der Waals surface area contributed by atoms with Crippen molar-refractivity contribution in [1.82, 2.24) is 15.1 Å². The third-order valence-electron chi connectivity index (χ3n) is 4.00. The highest BCUT2D eigenvalue weighted by Gasteiger charge is 2.16. The molecule has 2 aromatic heterocycles. The molecule has 0 amide bonds. The lowest BCUT2D eigenvalue weighted by Crippen LogP contribution is -2.03. The van der Waals surface area contributed by atoms with Gasteiger partial charge in [0.1, 0.15) is 23.2 Å². The van der Waals surface area contributed by atoms with Crippen molar-refractivity contribution in [2.24, 2.45) is 0 Å². The highest BCUT2D eigenvalue weighted by Crippen LogP contribution is 2.31. The van der Waals surface area contributed by atoms with Crippen LogP contribution in [0.1, 0.15) is 11.1 Å². The van der Waals surface area contributed by atoms with Crippen molar-refractivity contribution in [2.45, 2.75) is 13.5 Å². The molecule has 0 bridgehead atoms. The van der Waals surface area contributed by atoms with Crippen molar-refractivity contribution >= 4 is 28.5 Å². The number of rotatable bonds is 4. The zero-order valence-corrected chi connectivity index (χ0v) is 14.3. The molecule has 4 rings (SSSR count). The van der Waals surface area contributed by atoms with E-state index in [1.54, 1.807) is 0 Å². The summed E-state index contributed by atoms with van der Waals surface area (Å²) in [5.41, 5.74) is 4.30. The van der Waals surface area contributed by atoms with Gasteiger partial charge in [0.05, 0.1) is 0 Å². The van der Waals surface area contributed by atoms with E-state index in [1.165, 1.54) is 11.9 Å². The summed E-state index contributed by atoms with van der Waals surface area (Å²) in [5, 5.41) is 8.98. The van der Waals surface area contributed by atoms with Crippen LogP contribution in [-0.2, 0) is 6.54 Å². The number of fused-ring (bicyclic) bond motifs is 1. The molecule has 25 heavy (non-hydrogen) atoms. The summed E-state index contributed by atoms with van der Waals surface area (Å²) in [6.07, 6.45) is 1.46. The van der Waals surface area contributed by atoms with E-state index < -0.39 is 0 Å². The largest absolute Gasteiger partial charge is 0.365 e. The molecule has 0 radical (unpaired) electrons. The number of hydrogen-bond donors (Lipinski definition) is 1. The van der Waals surface area contributed by atoms with Crippen molar-refractivity contribution in [3.8, 4) is 11.3 Å². The van der Waals surface area contributed by atoms with Gasteiger partial charge in [0, 0.05) is 17.1 Å². The second-order valence-electron chi connectivity index (χ2n) is 5.74. The fourth-order valence-electron chi connectivity index (χ4n) is 2.65. The first-order chi connectivity index (χ1) is 12.2. The van der Waals surface area contributed by atoms with E-state index in [4.69, 9.17) is 16.1 Å². The number of nitrogens with zero attached hydrogens (tertiary/aromatic N) is 3. The molecule has 0 aliphatic carbocycles. The summed E-state index contributed by atoms with van der Waals surface area (Å²) in [7, 11) is 0. The molecule has 0 aliphatic heterocycles. The van der Waals surface area contributed by atoms with Crippen molar-refractivity contribution < 1.29 is 4.52 Å². The van der Waals surface area contributed by atoms with Crippen LogP contribution in [0.2, 0.25) is 5.02 Å². The third-order valence-corrected chi connectivity index (χ3v) is 4.37. The summed E-state index contributed by atoms with van der Waals surface area (Å²) in [6, 6.07) is 15.8. The quantitative estimate of drug-likeness (QED) is 0.569. The maximum absolute atomic E-state index is 6.23. The Hall–Kier alpha value is -2.92. The van der Waals surface area contributed by atoms with E-state index in [1.807, 2.05) is 55.5 Å². The third kappa shape index (κ3) is 3.06. The van der Waals surface area contributed by atoms with Crippen LogP contribution < -0.4 is 5.32 Å². The highest BCUT2D eigenvalue weighted by molar-refractivity contribution is 6.31. The Kier molecular flexibility index (Phi) is 4.07. The Labute approximate surface area is 149 Å². The molecule has 0 spiro atoms. The normalized spacial score (nSPS) is 11.0. The molecular weight excluding hydrogens is 336 g/mol. The number of benzene rings is 2. The smallest absolute Gasteiger partial charge is 0.263 e. The minimum absolute atomic E-state index is 0.451. The standard InChI is InChI=1S/C19H15ClN4O/c1-12-6-8-13(9-7-12)17-16-18(22-11-23-19(16)25-24-17)21-10-14-4-2-3-5-15(14)20/h2-9,11H,10H2,1H3,(H,21,22,23). The minimum atomic E-state index is 0.451. The molecule has 0 fully saturated rings. The molecule has 6 heteroatoms. The average Bonchev–Trinajstić information content (AvgIpc) is 3.06. The van der Waals surface area contributed by atoms with Gasteiger partial charge in [-0.2, -0.15) is 4.98 Å². The Morgan fingerprint density at radius 3 is 2.64 bits per heavy atom. The molecule has 4 aromatic rings. The Morgan fingerprint density at radius 1 is 1.04 bits per heavy atom. The SMILES string of the molecule is Cc1ccc(-c2noc3ncnc(NCc4ccccc4Cl)c23)cc1. The zero-order chi connectivity index (χ0) is 17.2. The van der Waals surface area contributed by atoms with Crippen molar-refractivity contribution in [3.63, 3.8) is 0 Å². The zero-order valence-electron chi connectivity index (χ0n) is 13.5.